The van der Waals surface area contributed by atoms with E-state index in [0.29, 0.717) is 23.8 Å². The Morgan fingerprint density at radius 1 is 1.47 bits per heavy atom. The standard InChI is InChI=1S/C11H14BrClN2O2/c12-8-4-5-10(9(13)7-8)17-6-2-1-3-11(16)15-14/h4-5,7H,1-3,6,14H2,(H,15,16). The van der Waals surface area contributed by atoms with E-state index in [1.165, 1.54) is 0 Å². The van der Waals surface area contributed by atoms with E-state index in [0.717, 1.165) is 17.3 Å². The van der Waals surface area contributed by atoms with E-state index >= 15 is 0 Å². The molecule has 1 aromatic rings. The average molecular weight is 322 g/mol. The first-order valence-corrected chi connectivity index (χ1v) is 6.38. The van der Waals surface area contributed by atoms with Crippen LogP contribution < -0.4 is 16.0 Å². The highest BCUT2D eigenvalue weighted by Gasteiger charge is 2.02. The Morgan fingerprint density at radius 2 is 2.24 bits per heavy atom. The lowest BCUT2D eigenvalue weighted by molar-refractivity contribution is -0.121. The van der Waals surface area contributed by atoms with Crippen LogP contribution in [0.1, 0.15) is 19.3 Å². The molecule has 0 aliphatic rings. The van der Waals surface area contributed by atoms with E-state index in [-0.39, 0.29) is 5.91 Å². The predicted molar refractivity (Wildman–Crippen MR) is 70.8 cm³/mol. The fourth-order valence-electron chi connectivity index (χ4n) is 1.23. The molecule has 6 heteroatoms. The smallest absolute Gasteiger partial charge is 0.233 e. The van der Waals surface area contributed by atoms with Gasteiger partial charge in [0.2, 0.25) is 5.91 Å². The van der Waals surface area contributed by atoms with Crippen molar-refractivity contribution in [2.75, 3.05) is 6.61 Å². The van der Waals surface area contributed by atoms with Gasteiger partial charge in [0.15, 0.2) is 0 Å². The van der Waals surface area contributed by atoms with Crippen molar-refractivity contribution in [2.24, 2.45) is 5.84 Å². The minimum atomic E-state index is -0.160. The highest BCUT2D eigenvalue weighted by molar-refractivity contribution is 9.10. The molecule has 1 rings (SSSR count). The molecule has 0 saturated heterocycles. The highest BCUT2D eigenvalue weighted by Crippen LogP contribution is 2.27. The van der Waals surface area contributed by atoms with E-state index in [1.807, 2.05) is 6.07 Å². The van der Waals surface area contributed by atoms with E-state index in [1.54, 1.807) is 12.1 Å². The molecule has 0 fully saturated rings. The SMILES string of the molecule is NNC(=O)CCCCOc1ccc(Br)cc1Cl. The molecule has 0 aromatic heterocycles. The lowest BCUT2D eigenvalue weighted by Crippen LogP contribution is -2.29. The molecule has 0 aliphatic carbocycles. The number of hydrazine groups is 1. The molecule has 1 aromatic carbocycles. The number of benzene rings is 1. The lowest BCUT2D eigenvalue weighted by Gasteiger charge is -2.07. The summed E-state index contributed by atoms with van der Waals surface area (Å²) in [4.78, 5) is 10.8. The van der Waals surface area contributed by atoms with E-state index in [9.17, 15) is 4.79 Å². The largest absolute Gasteiger partial charge is 0.492 e. The molecule has 0 aliphatic heterocycles. The van der Waals surface area contributed by atoms with E-state index in [4.69, 9.17) is 22.2 Å². The van der Waals surface area contributed by atoms with Crippen molar-refractivity contribution < 1.29 is 9.53 Å². The second-order valence-corrected chi connectivity index (χ2v) is 4.77. The summed E-state index contributed by atoms with van der Waals surface area (Å²) in [7, 11) is 0. The third-order valence-corrected chi connectivity index (χ3v) is 2.90. The average Bonchev–Trinajstić information content (AvgIpc) is 2.30. The number of ether oxygens (including phenoxy) is 1. The van der Waals surface area contributed by atoms with Crippen LogP contribution in [-0.4, -0.2) is 12.5 Å². The predicted octanol–water partition coefficient (Wildman–Crippen LogP) is 2.64. The zero-order valence-electron chi connectivity index (χ0n) is 9.21. The molecular formula is C11H14BrClN2O2. The van der Waals surface area contributed by atoms with Gasteiger partial charge in [-0.05, 0) is 31.0 Å². The van der Waals surface area contributed by atoms with Gasteiger partial charge in [-0.15, -0.1) is 0 Å². The van der Waals surface area contributed by atoms with Gasteiger partial charge in [-0.1, -0.05) is 27.5 Å². The Bertz CT molecular complexity index is 388. The highest BCUT2D eigenvalue weighted by atomic mass is 79.9. The van der Waals surface area contributed by atoms with Crippen LogP contribution in [0.4, 0.5) is 0 Å². The number of hydrogen-bond acceptors (Lipinski definition) is 3. The summed E-state index contributed by atoms with van der Waals surface area (Å²) in [6, 6.07) is 5.45. The molecular weight excluding hydrogens is 307 g/mol. The first-order valence-electron chi connectivity index (χ1n) is 5.21. The number of unbranched alkanes of at least 4 members (excludes halogenated alkanes) is 1. The molecule has 0 bridgehead atoms. The van der Waals surface area contributed by atoms with Crippen LogP contribution in [0.5, 0.6) is 5.75 Å². The Labute approximate surface area is 114 Å². The van der Waals surface area contributed by atoms with Crippen LogP contribution in [0.2, 0.25) is 5.02 Å². The second kappa shape index (κ2) is 7.53. The van der Waals surface area contributed by atoms with Crippen LogP contribution in [0.3, 0.4) is 0 Å². The maximum atomic E-state index is 10.8. The van der Waals surface area contributed by atoms with Crippen molar-refractivity contribution >= 4 is 33.4 Å². The normalized spacial score (nSPS) is 10.1. The summed E-state index contributed by atoms with van der Waals surface area (Å²) in [5.74, 6) is 5.45. The maximum Gasteiger partial charge on any atom is 0.233 e. The summed E-state index contributed by atoms with van der Waals surface area (Å²) in [6.07, 6.45) is 1.92. The molecule has 0 heterocycles. The number of amides is 1. The molecule has 17 heavy (non-hydrogen) atoms. The first kappa shape index (κ1) is 14.3. The summed E-state index contributed by atoms with van der Waals surface area (Å²) in [5.41, 5.74) is 2.08. The van der Waals surface area contributed by atoms with Crippen molar-refractivity contribution in [2.45, 2.75) is 19.3 Å². The van der Waals surface area contributed by atoms with Gasteiger partial charge in [0.25, 0.3) is 0 Å². The van der Waals surface area contributed by atoms with Crippen molar-refractivity contribution in [3.63, 3.8) is 0 Å². The number of carbonyl (C=O) groups is 1. The van der Waals surface area contributed by atoms with Crippen molar-refractivity contribution in [1.29, 1.82) is 0 Å². The van der Waals surface area contributed by atoms with Crippen molar-refractivity contribution in [3.05, 3.63) is 27.7 Å². The van der Waals surface area contributed by atoms with Crippen LogP contribution in [0, 0.1) is 0 Å². The van der Waals surface area contributed by atoms with Gasteiger partial charge in [-0.25, -0.2) is 5.84 Å². The number of nitrogens with one attached hydrogen (secondary N) is 1. The monoisotopic (exact) mass is 320 g/mol. The maximum absolute atomic E-state index is 10.8. The Balaban J connectivity index is 2.24. The summed E-state index contributed by atoms with van der Waals surface area (Å²) in [6.45, 7) is 0.527. The van der Waals surface area contributed by atoms with Gasteiger partial charge in [-0.2, -0.15) is 0 Å². The molecule has 94 valence electrons. The number of rotatable bonds is 6. The minimum absolute atomic E-state index is 0.160. The fraction of sp³-hybridized carbons (Fsp3) is 0.364. The molecule has 0 spiro atoms. The zero-order valence-corrected chi connectivity index (χ0v) is 11.6. The third kappa shape index (κ3) is 5.39. The van der Waals surface area contributed by atoms with Gasteiger partial charge in [0, 0.05) is 10.9 Å². The topological polar surface area (TPSA) is 64.3 Å². The minimum Gasteiger partial charge on any atom is -0.492 e. The fourth-order valence-corrected chi connectivity index (χ4v) is 1.96. The Hall–Kier alpha value is -0.780. The summed E-state index contributed by atoms with van der Waals surface area (Å²) >= 11 is 9.30. The molecule has 0 unspecified atom stereocenters. The van der Waals surface area contributed by atoms with Crippen LogP contribution in [-0.2, 0) is 4.79 Å². The molecule has 0 radical (unpaired) electrons. The number of halogens is 2. The molecule has 4 nitrogen and oxygen atoms in total. The third-order valence-electron chi connectivity index (χ3n) is 2.11. The summed E-state index contributed by atoms with van der Waals surface area (Å²) in [5, 5.41) is 0.569. The van der Waals surface area contributed by atoms with E-state index in [2.05, 4.69) is 21.4 Å². The molecule has 0 atom stereocenters. The molecule has 1 amide bonds. The molecule has 0 saturated carbocycles. The van der Waals surface area contributed by atoms with Crippen LogP contribution >= 0.6 is 27.5 Å². The number of hydrogen-bond donors (Lipinski definition) is 2. The number of carbonyl (C=O) groups excluding carboxylic acids is 1. The summed E-state index contributed by atoms with van der Waals surface area (Å²) < 4.78 is 6.40. The van der Waals surface area contributed by atoms with Crippen molar-refractivity contribution in [3.8, 4) is 5.75 Å². The van der Waals surface area contributed by atoms with Gasteiger partial charge >= 0.3 is 0 Å². The Kier molecular flexibility index (Phi) is 6.32. The molecule has 3 N–H and O–H groups in total. The van der Waals surface area contributed by atoms with Crippen LogP contribution in [0.15, 0.2) is 22.7 Å². The number of nitrogens with two attached hydrogens (primary N) is 1. The first-order chi connectivity index (χ1) is 8.13. The van der Waals surface area contributed by atoms with Gasteiger partial charge in [0.05, 0.1) is 11.6 Å². The zero-order chi connectivity index (χ0) is 12.7. The van der Waals surface area contributed by atoms with E-state index < -0.39 is 0 Å². The second-order valence-electron chi connectivity index (χ2n) is 3.45. The van der Waals surface area contributed by atoms with Crippen LogP contribution in [0.25, 0.3) is 0 Å². The lowest BCUT2D eigenvalue weighted by atomic mass is 10.2. The van der Waals surface area contributed by atoms with Gasteiger partial charge < -0.3 is 4.74 Å². The van der Waals surface area contributed by atoms with Crippen molar-refractivity contribution in [1.82, 2.24) is 5.43 Å². The Morgan fingerprint density at radius 3 is 2.88 bits per heavy atom. The van der Waals surface area contributed by atoms with Gasteiger partial charge in [0.1, 0.15) is 5.75 Å². The quantitative estimate of drug-likeness (QED) is 0.366. The van der Waals surface area contributed by atoms with Gasteiger partial charge in [-0.3, -0.25) is 10.2 Å².